The summed E-state index contributed by atoms with van der Waals surface area (Å²) in [6.07, 6.45) is 3.54. The summed E-state index contributed by atoms with van der Waals surface area (Å²) in [7, 11) is 0. The van der Waals surface area contributed by atoms with Crippen molar-refractivity contribution in [3.63, 3.8) is 0 Å². The maximum atomic E-state index is 6.02. The molecule has 0 spiro atoms. The summed E-state index contributed by atoms with van der Waals surface area (Å²) in [5.74, 6) is 0. The van der Waals surface area contributed by atoms with Gasteiger partial charge in [-0.15, -0.1) is 0 Å². The number of fused-ring (bicyclic) bond motifs is 1. The number of hydrogen-bond acceptors (Lipinski definition) is 3. The van der Waals surface area contributed by atoms with Crippen molar-refractivity contribution in [3.05, 3.63) is 95.6 Å². The van der Waals surface area contributed by atoms with Gasteiger partial charge in [0.1, 0.15) is 0 Å². The minimum Gasteiger partial charge on any atom is -0.278 e. The van der Waals surface area contributed by atoms with Gasteiger partial charge in [0.2, 0.25) is 0 Å². The van der Waals surface area contributed by atoms with E-state index in [1.54, 1.807) is 12.4 Å². The lowest BCUT2D eigenvalue weighted by molar-refractivity contribution is 1.33. The number of benzene rings is 3. The monoisotopic (exact) mass is 357 g/mol. The van der Waals surface area contributed by atoms with E-state index in [0.717, 1.165) is 22.2 Å². The molecule has 1 heterocycles. The van der Waals surface area contributed by atoms with E-state index in [4.69, 9.17) is 11.6 Å². The molecular formula is C22H16ClN3. The molecule has 0 aliphatic carbocycles. The van der Waals surface area contributed by atoms with Gasteiger partial charge >= 0.3 is 0 Å². The smallest absolute Gasteiger partial charge is 0.0738 e. The Morgan fingerprint density at radius 1 is 0.846 bits per heavy atom. The molecule has 0 amide bonds. The maximum Gasteiger partial charge on any atom is 0.0738 e. The van der Waals surface area contributed by atoms with Gasteiger partial charge in [0.05, 0.1) is 17.4 Å². The van der Waals surface area contributed by atoms with Gasteiger partial charge < -0.3 is 0 Å². The molecule has 0 saturated heterocycles. The number of aromatic nitrogens is 1. The normalized spacial score (nSPS) is 11.1. The van der Waals surface area contributed by atoms with Crippen LogP contribution in [0.1, 0.15) is 5.56 Å². The van der Waals surface area contributed by atoms with Crippen LogP contribution in [0.5, 0.6) is 0 Å². The molecule has 4 aromatic rings. The predicted octanol–water partition coefficient (Wildman–Crippen LogP) is 6.00. The molecule has 0 fully saturated rings. The first-order valence-corrected chi connectivity index (χ1v) is 8.66. The number of anilines is 1. The molecular weight excluding hydrogens is 342 g/mol. The maximum absolute atomic E-state index is 6.02. The van der Waals surface area contributed by atoms with Gasteiger partial charge in [-0.2, -0.15) is 5.10 Å². The van der Waals surface area contributed by atoms with E-state index in [1.807, 2.05) is 42.5 Å². The first kappa shape index (κ1) is 16.3. The third-order valence-electron chi connectivity index (χ3n) is 4.12. The van der Waals surface area contributed by atoms with E-state index in [0.29, 0.717) is 5.02 Å². The molecule has 26 heavy (non-hydrogen) atoms. The Hall–Kier alpha value is -3.17. The highest BCUT2D eigenvalue weighted by Crippen LogP contribution is 2.24. The van der Waals surface area contributed by atoms with Crippen molar-refractivity contribution in [2.75, 3.05) is 5.43 Å². The van der Waals surface area contributed by atoms with Crippen molar-refractivity contribution in [1.82, 2.24) is 4.98 Å². The summed E-state index contributed by atoms with van der Waals surface area (Å²) in [6, 6.07) is 26.1. The summed E-state index contributed by atoms with van der Waals surface area (Å²) in [5.41, 5.74) is 8.24. The van der Waals surface area contributed by atoms with Gasteiger partial charge in [-0.1, -0.05) is 66.2 Å². The van der Waals surface area contributed by atoms with Gasteiger partial charge in [-0.25, -0.2) is 0 Å². The number of hydrogen-bond donors (Lipinski definition) is 1. The van der Waals surface area contributed by atoms with E-state index in [2.05, 4.69) is 51.9 Å². The summed E-state index contributed by atoms with van der Waals surface area (Å²) in [6.45, 7) is 0. The largest absolute Gasteiger partial charge is 0.278 e. The molecule has 3 aromatic carbocycles. The lowest BCUT2D eigenvalue weighted by Gasteiger charge is -2.05. The number of pyridine rings is 1. The van der Waals surface area contributed by atoms with Crippen molar-refractivity contribution in [3.8, 4) is 11.1 Å². The molecule has 126 valence electrons. The fourth-order valence-corrected chi connectivity index (χ4v) is 2.95. The van der Waals surface area contributed by atoms with Crippen molar-refractivity contribution in [1.29, 1.82) is 0 Å². The first-order chi connectivity index (χ1) is 12.8. The molecule has 4 heteroatoms. The van der Waals surface area contributed by atoms with Crippen LogP contribution >= 0.6 is 11.6 Å². The van der Waals surface area contributed by atoms with E-state index in [1.165, 1.54) is 11.1 Å². The molecule has 0 aliphatic heterocycles. The molecule has 0 unspecified atom stereocenters. The molecule has 0 saturated carbocycles. The number of nitrogens with zero attached hydrogens (tertiary/aromatic N) is 2. The first-order valence-electron chi connectivity index (χ1n) is 8.28. The second-order valence-corrected chi connectivity index (χ2v) is 6.31. The molecule has 0 radical (unpaired) electrons. The van der Waals surface area contributed by atoms with E-state index >= 15 is 0 Å². The third-order valence-corrected chi connectivity index (χ3v) is 4.36. The standard InChI is InChI=1S/C22H16ClN3/c23-19-10-11-20-21(12-13-24-22(20)14-19)26-25-15-16-6-8-18(9-7-16)17-4-2-1-3-5-17/h1-15H,(H,24,26)/b25-15+. The molecule has 0 aliphatic rings. The van der Waals surface area contributed by atoms with E-state index < -0.39 is 0 Å². The Morgan fingerprint density at radius 2 is 1.62 bits per heavy atom. The highest BCUT2D eigenvalue weighted by molar-refractivity contribution is 6.31. The summed E-state index contributed by atoms with van der Waals surface area (Å²) in [5, 5.41) is 6.00. The molecule has 0 atom stereocenters. The van der Waals surface area contributed by atoms with Crippen molar-refractivity contribution in [2.24, 2.45) is 5.10 Å². The Bertz CT molecular complexity index is 1060. The fraction of sp³-hybridized carbons (Fsp3) is 0. The Morgan fingerprint density at radius 3 is 2.42 bits per heavy atom. The average molecular weight is 358 g/mol. The zero-order chi connectivity index (χ0) is 17.8. The summed E-state index contributed by atoms with van der Waals surface area (Å²) < 4.78 is 0. The highest BCUT2D eigenvalue weighted by atomic mass is 35.5. The number of halogens is 1. The molecule has 0 bridgehead atoms. The van der Waals surface area contributed by atoms with Crippen molar-refractivity contribution < 1.29 is 0 Å². The minimum atomic E-state index is 0.671. The van der Waals surface area contributed by atoms with Gasteiger partial charge in [0, 0.05) is 16.6 Å². The zero-order valence-corrected chi connectivity index (χ0v) is 14.7. The summed E-state index contributed by atoms with van der Waals surface area (Å²) in [4.78, 5) is 4.33. The van der Waals surface area contributed by atoms with Crippen LogP contribution in [-0.4, -0.2) is 11.2 Å². The SMILES string of the molecule is Clc1ccc2c(N/N=C/c3ccc(-c4ccccc4)cc3)ccnc2c1. The lowest BCUT2D eigenvalue weighted by Crippen LogP contribution is -1.93. The molecule has 1 aromatic heterocycles. The Labute approximate surface area is 157 Å². The quantitative estimate of drug-likeness (QED) is 0.359. The van der Waals surface area contributed by atoms with Crippen LogP contribution in [0.4, 0.5) is 5.69 Å². The van der Waals surface area contributed by atoms with Crippen LogP contribution in [0.15, 0.2) is 90.2 Å². The molecule has 3 nitrogen and oxygen atoms in total. The van der Waals surface area contributed by atoms with Crippen molar-refractivity contribution in [2.45, 2.75) is 0 Å². The third kappa shape index (κ3) is 3.58. The fourth-order valence-electron chi connectivity index (χ4n) is 2.79. The van der Waals surface area contributed by atoms with Crippen LogP contribution in [0, 0.1) is 0 Å². The molecule has 4 rings (SSSR count). The lowest BCUT2D eigenvalue weighted by atomic mass is 10.0. The topological polar surface area (TPSA) is 37.3 Å². The van der Waals surface area contributed by atoms with Gasteiger partial charge in [0.25, 0.3) is 0 Å². The van der Waals surface area contributed by atoms with E-state index in [9.17, 15) is 0 Å². The second-order valence-electron chi connectivity index (χ2n) is 5.88. The number of nitrogens with one attached hydrogen (secondary N) is 1. The van der Waals surface area contributed by atoms with Crippen LogP contribution in [0.3, 0.4) is 0 Å². The Balaban J connectivity index is 1.51. The zero-order valence-electron chi connectivity index (χ0n) is 13.9. The van der Waals surface area contributed by atoms with Crippen LogP contribution in [0.2, 0.25) is 5.02 Å². The Kier molecular flexibility index (Phi) is 4.63. The summed E-state index contributed by atoms with van der Waals surface area (Å²) >= 11 is 6.02. The van der Waals surface area contributed by atoms with Crippen LogP contribution in [0.25, 0.3) is 22.0 Å². The van der Waals surface area contributed by atoms with Crippen LogP contribution < -0.4 is 5.43 Å². The van der Waals surface area contributed by atoms with Gasteiger partial charge in [-0.3, -0.25) is 10.4 Å². The highest BCUT2D eigenvalue weighted by Gasteiger charge is 2.01. The predicted molar refractivity (Wildman–Crippen MR) is 110 cm³/mol. The van der Waals surface area contributed by atoms with Gasteiger partial charge in [0.15, 0.2) is 0 Å². The molecule has 1 N–H and O–H groups in total. The van der Waals surface area contributed by atoms with Crippen molar-refractivity contribution >= 4 is 34.4 Å². The average Bonchev–Trinajstić information content (AvgIpc) is 2.69. The second kappa shape index (κ2) is 7.38. The number of hydrazone groups is 1. The number of rotatable bonds is 4. The van der Waals surface area contributed by atoms with Crippen LogP contribution in [-0.2, 0) is 0 Å². The van der Waals surface area contributed by atoms with Gasteiger partial charge in [-0.05, 0) is 41.0 Å². The minimum absolute atomic E-state index is 0.671. The van der Waals surface area contributed by atoms with E-state index in [-0.39, 0.29) is 0 Å².